The highest BCUT2D eigenvalue weighted by Crippen LogP contribution is 2.29. The molecule has 0 bridgehead atoms. The van der Waals surface area contributed by atoms with Gasteiger partial charge in [-0.25, -0.2) is 0 Å². The topological polar surface area (TPSA) is 49.8 Å². The fourth-order valence-electron chi connectivity index (χ4n) is 2.81. The van der Waals surface area contributed by atoms with Crippen molar-refractivity contribution in [1.82, 2.24) is 4.90 Å². The minimum atomic E-state index is -0.803. The lowest BCUT2D eigenvalue weighted by Gasteiger charge is -2.32. The van der Waals surface area contributed by atoms with Gasteiger partial charge >= 0.3 is 5.97 Å². The molecular weight excluding hydrogens is 254 g/mol. The molecule has 0 amide bonds. The Morgan fingerprint density at radius 2 is 1.80 bits per heavy atom. The van der Waals surface area contributed by atoms with Crippen molar-refractivity contribution < 1.29 is 14.6 Å². The molecule has 1 fully saturated rings. The molecule has 3 rings (SSSR count). The molecule has 1 aliphatic rings. The van der Waals surface area contributed by atoms with Crippen LogP contribution in [0.5, 0.6) is 0 Å². The van der Waals surface area contributed by atoms with Crippen molar-refractivity contribution in [3.63, 3.8) is 0 Å². The molecule has 1 saturated heterocycles. The minimum Gasteiger partial charge on any atom is -0.480 e. The maximum atomic E-state index is 11.8. The summed E-state index contributed by atoms with van der Waals surface area (Å²) in [5.74, 6) is -0.803. The number of carbonyl (C=O) groups is 1. The van der Waals surface area contributed by atoms with E-state index >= 15 is 0 Å². The van der Waals surface area contributed by atoms with E-state index in [0.717, 1.165) is 16.3 Å². The third-order valence-corrected chi connectivity index (χ3v) is 3.76. The van der Waals surface area contributed by atoms with Gasteiger partial charge in [-0.15, -0.1) is 0 Å². The molecule has 1 heterocycles. The number of ether oxygens (including phenoxy) is 1. The van der Waals surface area contributed by atoms with Crippen LogP contribution in [0.2, 0.25) is 0 Å². The van der Waals surface area contributed by atoms with E-state index in [1.807, 2.05) is 47.4 Å². The number of hydrogen-bond acceptors (Lipinski definition) is 3. The van der Waals surface area contributed by atoms with Crippen molar-refractivity contribution in [1.29, 1.82) is 0 Å². The second kappa shape index (κ2) is 5.61. The first-order valence-corrected chi connectivity index (χ1v) is 6.79. The number of fused-ring (bicyclic) bond motifs is 1. The third kappa shape index (κ3) is 2.40. The zero-order chi connectivity index (χ0) is 13.9. The van der Waals surface area contributed by atoms with Crippen LogP contribution in [-0.4, -0.2) is 42.3 Å². The molecule has 0 aliphatic carbocycles. The van der Waals surface area contributed by atoms with E-state index in [9.17, 15) is 9.90 Å². The molecule has 0 saturated carbocycles. The Morgan fingerprint density at radius 1 is 1.10 bits per heavy atom. The van der Waals surface area contributed by atoms with E-state index in [4.69, 9.17) is 4.74 Å². The number of benzene rings is 2. The highest BCUT2D eigenvalue weighted by atomic mass is 16.5. The van der Waals surface area contributed by atoms with Crippen LogP contribution in [-0.2, 0) is 9.53 Å². The fourth-order valence-corrected chi connectivity index (χ4v) is 2.81. The molecule has 0 spiro atoms. The summed E-state index contributed by atoms with van der Waals surface area (Å²) in [6.45, 7) is 2.49. The van der Waals surface area contributed by atoms with Gasteiger partial charge in [0.1, 0.15) is 6.04 Å². The summed E-state index contributed by atoms with van der Waals surface area (Å²) >= 11 is 0. The van der Waals surface area contributed by atoms with Gasteiger partial charge in [-0.1, -0.05) is 42.5 Å². The predicted octanol–water partition coefficient (Wildman–Crippen LogP) is 2.30. The van der Waals surface area contributed by atoms with Gasteiger partial charge in [-0.3, -0.25) is 9.69 Å². The van der Waals surface area contributed by atoms with Crippen LogP contribution in [0.3, 0.4) is 0 Å². The van der Waals surface area contributed by atoms with Crippen molar-refractivity contribution in [2.24, 2.45) is 0 Å². The Hall–Kier alpha value is -1.91. The van der Waals surface area contributed by atoms with Gasteiger partial charge in [0.2, 0.25) is 0 Å². The SMILES string of the molecule is O=C(O)C(c1cccc2ccccc12)N1CCOCC1. The number of morpholine rings is 1. The number of nitrogens with zero attached hydrogens (tertiary/aromatic N) is 1. The van der Waals surface area contributed by atoms with Crippen molar-refractivity contribution in [2.75, 3.05) is 26.3 Å². The lowest BCUT2D eigenvalue weighted by Crippen LogP contribution is -2.42. The second-order valence-electron chi connectivity index (χ2n) is 4.96. The first-order valence-electron chi connectivity index (χ1n) is 6.79. The van der Waals surface area contributed by atoms with Gasteiger partial charge < -0.3 is 9.84 Å². The molecule has 4 heteroatoms. The fraction of sp³-hybridized carbons (Fsp3) is 0.312. The van der Waals surface area contributed by atoms with E-state index in [-0.39, 0.29) is 0 Å². The number of hydrogen-bond donors (Lipinski definition) is 1. The summed E-state index contributed by atoms with van der Waals surface area (Å²) in [7, 11) is 0. The van der Waals surface area contributed by atoms with Crippen molar-refractivity contribution in [3.05, 3.63) is 48.0 Å². The Balaban J connectivity index is 2.07. The Kier molecular flexibility index (Phi) is 3.67. The molecule has 4 nitrogen and oxygen atoms in total. The van der Waals surface area contributed by atoms with Crippen LogP contribution < -0.4 is 0 Å². The summed E-state index contributed by atoms with van der Waals surface area (Å²) < 4.78 is 5.32. The van der Waals surface area contributed by atoms with Crippen LogP contribution in [0.4, 0.5) is 0 Å². The highest BCUT2D eigenvalue weighted by Gasteiger charge is 2.29. The van der Waals surface area contributed by atoms with E-state index in [2.05, 4.69) is 0 Å². The van der Waals surface area contributed by atoms with Gasteiger partial charge in [0.15, 0.2) is 0 Å². The summed E-state index contributed by atoms with van der Waals surface area (Å²) in [6, 6.07) is 13.2. The molecule has 1 aliphatic heterocycles. The molecule has 104 valence electrons. The largest absolute Gasteiger partial charge is 0.480 e. The summed E-state index contributed by atoms with van der Waals surface area (Å²) in [5.41, 5.74) is 0.859. The van der Waals surface area contributed by atoms with Crippen LogP contribution in [0, 0.1) is 0 Å². The number of carboxylic acid groups (broad SMARTS) is 1. The molecule has 1 atom stereocenters. The predicted molar refractivity (Wildman–Crippen MR) is 76.7 cm³/mol. The van der Waals surface area contributed by atoms with Crippen LogP contribution >= 0.6 is 0 Å². The van der Waals surface area contributed by atoms with Gasteiger partial charge in [-0.2, -0.15) is 0 Å². The summed E-state index contributed by atoms with van der Waals surface area (Å²) in [5, 5.41) is 11.7. The van der Waals surface area contributed by atoms with Gasteiger partial charge in [0.25, 0.3) is 0 Å². The Labute approximate surface area is 117 Å². The molecule has 0 radical (unpaired) electrons. The van der Waals surface area contributed by atoms with E-state index in [1.165, 1.54) is 0 Å². The zero-order valence-electron chi connectivity index (χ0n) is 11.2. The lowest BCUT2D eigenvalue weighted by molar-refractivity contribution is -0.145. The van der Waals surface area contributed by atoms with Crippen molar-refractivity contribution in [3.8, 4) is 0 Å². The number of rotatable bonds is 3. The van der Waals surface area contributed by atoms with Crippen LogP contribution in [0.15, 0.2) is 42.5 Å². The zero-order valence-corrected chi connectivity index (χ0v) is 11.2. The maximum Gasteiger partial charge on any atom is 0.325 e. The molecule has 1 N–H and O–H groups in total. The second-order valence-corrected chi connectivity index (χ2v) is 4.96. The molecule has 20 heavy (non-hydrogen) atoms. The van der Waals surface area contributed by atoms with E-state index in [0.29, 0.717) is 26.3 Å². The molecule has 2 aromatic rings. The van der Waals surface area contributed by atoms with E-state index < -0.39 is 12.0 Å². The minimum absolute atomic E-state index is 0.592. The molecular formula is C16H17NO3. The summed E-state index contributed by atoms with van der Waals surface area (Å²) in [4.78, 5) is 13.7. The van der Waals surface area contributed by atoms with Gasteiger partial charge in [0, 0.05) is 13.1 Å². The van der Waals surface area contributed by atoms with Crippen LogP contribution in [0.25, 0.3) is 10.8 Å². The highest BCUT2D eigenvalue weighted by molar-refractivity contribution is 5.90. The number of aliphatic carboxylic acids is 1. The normalized spacial score (nSPS) is 18.0. The first kappa shape index (κ1) is 13.1. The molecule has 2 aromatic carbocycles. The van der Waals surface area contributed by atoms with Crippen molar-refractivity contribution >= 4 is 16.7 Å². The Morgan fingerprint density at radius 3 is 2.55 bits per heavy atom. The Bertz CT molecular complexity index is 615. The number of carboxylic acids is 1. The third-order valence-electron chi connectivity index (χ3n) is 3.76. The van der Waals surface area contributed by atoms with Crippen molar-refractivity contribution in [2.45, 2.75) is 6.04 Å². The van der Waals surface area contributed by atoms with Crippen LogP contribution in [0.1, 0.15) is 11.6 Å². The standard InChI is InChI=1S/C16H17NO3/c18-16(19)15(17-8-10-20-11-9-17)14-7-3-5-12-4-1-2-6-13(12)14/h1-7,15H,8-11H2,(H,18,19). The lowest BCUT2D eigenvalue weighted by atomic mass is 9.97. The maximum absolute atomic E-state index is 11.8. The average molecular weight is 271 g/mol. The first-order chi connectivity index (χ1) is 9.77. The smallest absolute Gasteiger partial charge is 0.325 e. The molecule has 1 unspecified atom stereocenters. The van der Waals surface area contributed by atoms with E-state index in [1.54, 1.807) is 0 Å². The van der Waals surface area contributed by atoms with Gasteiger partial charge in [-0.05, 0) is 16.3 Å². The molecule has 0 aromatic heterocycles. The van der Waals surface area contributed by atoms with Gasteiger partial charge in [0.05, 0.1) is 13.2 Å². The quantitative estimate of drug-likeness (QED) is 0.930. The average Bonchev–Trinajstić information content (AvgIpc) is 2.48. The summed E-state index contributed by atoms with van der Waals surface area (Å²) in [6.07, 6.45) is 0. The monoisotopic (exact) mass is 271 g/mol.